The first-order valence-corrected chi connectivity index (χ1v) is 15.5. The number of carbonyl (C=O) groups is 2. The quantitative estimate of drug-likeness (QED) is 0.0590. The average Bonchev–Trinajstić information content (AvgIpc) is 3.62. The molecule has 1 N–H and O–H groups in total. The van der Waals surface area contributed by atoms with Crippen LogP contribution in [-0.2, 0) is 21.9 Å². The molecule has 1 amide bonds. The molecular weight excluding hydrogens is 602 g/mol. The second kappa shape index (κ2) is 12.8. The number of hydrogen-bond donors (Lipinski definition) is 1. The monoisotopic (exact) mass is 625 g/mol. The Morgan fingerprint density at radius 1 is 0.884 bits per heavy atom. The standard InChI is InChI=1S/C33H24ClN3O4S2/c34-25-16-14-22(15-17-25)20-42-33-36-35-32(43-33)37-28(27(30(39)31(37)40)29(38)23-10-5-2-6-11-23)24-12-7-13-26(18-24)41-19-21-8-3-1-4-9-21/h1-18,28,38H,19-20H2. The van der Waals surface area contributed by atoms with Crippen LogP contribution in [0.5, 0.6) is 5.75 Å². The van der Waals surface area contributed by atoms with Gasteiger partial charge in [0.2, 0.25) is 5.13 Å². The summed E-state index contributed by atoms with van der Waals surface area (Å²) >= 11 is 8.68. The van der Waals surface area contributed by atoms with Crippen LogP contribution in [0, 0.1) is 0 Å². The maximum Gasteiger partial charge on any atom is 0.301 e. The number of aromatic nitrogens is 2. The van der Waals surface area contributed by atoms with Crippen LogP contribution >= 0.6 is 34.7 Å². The minimum absolute atomic E-state index is 0.0259. The van der Waals surface area contributed by atoms with Gasteiger partial charge in [0.25, 0.3) is 5.78 Å². The van der Waals surface area contributed by atoms with E-state index in [1.807, 2.05) is 66.7 Å². The van der Waals surface area contributed by atoms with E-state index in [4.69, 9.17) is 16.3 Å². The van der Waals surface area contributed by atoms with Crippen LogP contribution in [0.1, 0.15) is 28.3 Å². The number of rotatable bonds is 9. The maximum absolute atomic E-state index is 13.6. The lowest BCUT2D eigenvalue weighted by atomic mass is 9.95. The fourth-order valence-corrected chi connectivity index (χ4v) is 6.65. The van der Waals surface area contributed by atoms with Crippen LogP contribution in [0.15, 0.2) is 119 Å². The molecule has 5 aromatic rings. The third-order valence-corrected chi connectivity index (χ3v) is 9.17. The van der Waals surface area contributed by atoms with Gasteiger partial charge in [-0.1, -0.05) is 120 Å². The largest absolute Gasteiger partial charge is 0.507 e. The van der Waals surface area contributed by atoms with Gasteiger partial charge >= 0.3 is 5.91 Å². The van der Waals surface area contributed by atoms with Gasteiger partial charge in [0.15, 0.2) is 4.34 Å². The van der Waals surface area contributed by atoms with Crippen LogP contribution in [0.3, 0.4) is 0 Å². The molecular formula is C33H24ClN3O4S2. The minimum Gasteiger partial charge on any atom is -0.507 e. The fourth-order valence-electron chi connectivity index (χ4n) is 4.70. The number of ether oxygens (including phenoxy) is 1. The average molecular weight is 626 g/mol. The molecule has 214 valence electrons. The zero-order chi connectivity index (χ0) is 29.8. The van der Waals surface area contributed by atoms with Gasteiger partial charge in [-0.3, -0.25) is 14.5 Å². The summed E-state index contributed by atoms with van der Waals surface area (Å²) in [5, 5.41) is 20.9. The van der Waals surface area contributed by atoms with Gasteiger partial charge in [0.1, 0.15) is 18.1 Å². The molecule has 6 rings (SSSR count). The number of aliphatic hydroxyl groups excluding tert-OH is 1. The molecule has 7 nitrogen and oxygen atoms in total. The number of aliphatic hydroxyl groups is 1. The predicted octanol–water partition coefficient (Wildman–Crippen LogP) is 7.69. The van der Waals surface area contributed by atoms with Crippen molar-refractivity contribution in [3.63, 3.8) is 0 Å². The molecule has 1 saturated heterocycles. The van der Waals surface area contributed by atoms with Crippen molar-refractivity contribution >= 4 is 57.3 Å². The van der Waals surface area contributed by atoms with Crippen molar-refractivity contribution in [3.8, 4) is 5.75 Å². The number of thioether (sulfide) groups is 1. The van der Waals surface area contributed by atoms with Crippen molar-refractivity contribution < 1.29 is 19.4 Å². The molecule has 1 aliphatic heterocycles. The van der Waals surface area contributed by atoms with Crippen LogP contribution < -0.4 is 9.64 Å². The Bertz CT molecular complexity index is 1790. The molecule has 0 aliphatic carbocycles. The molecule has 4 aromatic carbocycles. The van der Waals surface area contributed by atoms with Gasteiger partial charge in [-0.2, -0.15) is 0 Å². The molecule has 0 spiro atoms. The Hall–Kier alpha value is -4.44. The molecule has 10 heteroatoms. The fraction of sp³-hybridized carbons (Fsp3) is 0.0909. The van der Waals surface area contributed by atoms with Crippen LogP contribution in [0.2, 0.25) is 5.02 Å². The minimum atomic E-state index is -0.942. The highest BCUT2D eigenvalue weighted by Gasteiger charge is 2.48. The summed E-state index contributed by atoms with van der Waals surface area (Å²) in [5.41, 5.74) is 3.05. The molecule has 1 aliphatic rings. The van der Waals surface area contributed by atoms with Crippen molar-refractivity contribution in [3.05, 3.63) is 142 Å². The van der Waals surface area contributed by atoms with E-state index in [2.05, 4.69) is 10.2 Å². The van der Waals surface area contributed by atoms with E-state index in [1.165, 1.54) is 28.0 Å². The van der Waals surface area contributed by atoms with Crippen LogP contribution in [0.25, 0.3) is 5.76 Å². The molecule has 0 radical (unpaired) electrons. The van der Waals surface area contributed by atoms with Gasteiger partial charge in [0.05, 0.1) is 11.6 Å². The lowest BCUT2D eigenvalue weighted by Gasteiger charge is -2.23. The van der Waals surface area contributed by atoms with E-state index in [0.29, 0.717) is 38.6 Å². The Morgan fingerprint density at radius 3 is 2.35 bits per heavy atom. The summed E-state index contributed by atoms with van der Waals surface area (Å²) < 4.78 is 6.68. The number of halogens is 1. The second-order valence-corrected chi connectivity index (χ2v) is 12.3. The number of ketones is 1. The van der Waals surface area contributed by atoms with Crippen molar-refractivity contribution in [1.82, 2.24) is 10.2 Å². The maximum atomic E-state index is 13.6. The van der Waals surface area contributed by atoms with Crippen molar-refractivity contribution in [2.24, 2.45) is 0 Å². The van der Waals surface area contributed by atoms with Gasteiger partial charge in [-0.05, 0) is 41.0 Å². The molecule has 1 fully saturated rings. The van der Waals surface area contributed by atoms with E-state index in [9.17, 15) is 14.7 Å². The molecule has 2 heterocycles. The Balaban J connectivity index is 1.35. The second-order valence-electron chi connectivity index (χ2n) is 9.65. The van der Waals surface area contributed by atoms with Gasteiger partial charge in [-0.25, -0.2) is 0 Å². The summed E-state index contributed by atoms with van der Waals surface area (Å²) in [4.78, 5) is 28.4. The summed E-state index contributed by atoms with van der Waals surface area (Å²) in [5.74, 6) is -0.661. The predicted molar refractivity (Wildman–Crippen MR) is 169 cm³/mol. The van der Waals surface area contributed by atoms with Crippen LogP contribution in [-0.4, -0.2) is 27.0 Å². The van der Waals surface area contributed by atoms with E-state index in [-0.39, 0.29) is 16.5 Å². The first-order valence-electron chi connectivity index (χ1n) is 13.3. The highest BCUT2D eigenvalue weighted by molar-refractivity contribution is 8.00. The molecule has 1 aromatic heterocycles. The van der Waals surface area contributed by atoms with Crippen molar-refractivity contribution in [1.29, 1.82) is 0 Å². The van der Waals surface area contributed by atoms with Crippen molar-refractivity contribution in [2.45, 2.75) is 22.7 Å². The number of anilines is 1. The van der Waals surface area contributed by atoms with E-state index >= 15 is 0 Å². The Kier molecular flexibility index (Phi) is 8.55. The molecule has 0 bridgehead atoms. The number of carbonyl (C=O) groups excluding carboxylic acids is 2. The molecule has 1 unspecified atom stereocenters. The number of amides is 1. The first kappa shape index (κ1) is 28.7. The summed E-state index contributed by atoms with van der Waals surface area (Å²) in [7, 11) is 0. The highest BCUT2D eigenvalue weighted by atomic mass is 35.5. The zero-order valence-corrected chi connectivity index (χ0v) is 25.0. The highest BCUT2D eigenvalue weighted by Crippen LogP contribution is 2.44. The SMILES string of the molecule is O=C1C(=O)N(c2nnc(SCc3ccc(Cl)cc3)s2)C(c2cccc(OCc3ccccc3)c2)C1=C(O)c1ccccc1. The Labute approximate surface area is 261 Å². The first-order chi connectivity index (χ1) is 21.0. The third kappa shape index (κ3) is 6.34. The van der Waals surface area contributed by atoms with E-state index in [0.717, 1.165) is 11.1 Å². The third-order valence-electron chi connectivity index (χ3n) is 6.79. The lowest BCUT2D eigenvalue weighted by Crippen LogP contribution is -2.29. The molecule has 1 atom stereocenters. The van der Waals surface area contributed by atoms with Gasteiger partial charge < -0.3 is 9.84 Å². The molecule has 0 saturated carbocycles. The van der Waals surface area contributed by atoms with Crippen LogP contribution in [0.4, 0.5) is 5.13 Å². The lowest BCUT2D eigenvalue weighted by molar-refractivity contribution is -0.132. The normalized spacial score (nSPS) is 16.0. The van der Waals surface area contributed by atoms with Crippen molar-refractivity contribution in [2.75, 3.05) is 4.90 Å². The summed E-state index contributed by atoms with van der Waals surface area (Å²) in [6.45, 7) is 0.346. The Morgan fingerprint density at radius 2 is 1.60 bits per heavy atom. The number of Topliss-reactive ketones (excluding diaryl/α,β-unsaturated/α-hetero) is 1. The molecule has 43 heavy (non-hydrogen) atoms. The number of hydrogen-bond acceptors (Lipinski definition) is 8. The number of benzene rings is 4. The van der Waals surface area contributed by atoms with Gasteiger partial charge in [-0.15, -0.1) is 10.2 Å². The zero-order valence-electron chi connectivity index (χ0n) is 22.6. The smallest absolute Gasteiger partial charge is 0.301 e. The van der Waals surface area contributed by atoms with E-state index in [1.54, 1.807) is 42.5 Å². The topological polar surface area (TPSA) is 92.6 Å². The van der Waals surface area contributed by atoms with E-state index < -0.39 is 17.7 Å². The number of nitrogens with zero attached hydrogens (tertiary/aromatic N) is 3. The summed E-state index contributed by atoms with van der Waals surface area (Å²) in [6.07, 6.45) is 0. The summed E-state index contributed by atoms with van der Waals surface area (Å²) in [6, 6.07) is 32.2. The van der Waals surface area contributed by atoms with Gasteiger partial charge in [0, 0.05) is 16.3 Å².